The molecule has 22 heavy (non-hydrogen) atoms. The van der Waals surface area contributed by atoms with Crippen molar-refractivity contribution in [2.24, 2.45) is 0 Å². The first-order chi connectivity index (χ1) is 10.1. The maximum absolute atomic E-state index is 12.4. The Hall–Kier alpha value is -1.35. The number of benzene rings is 1. The lowest BCUT2D eigenvalue weighted by Crippen LogP contribution is -2.25. The van der Waals surface area contributed by atoms with Gasteiger partial charge in [-0.15, -0.1) is 12.6 Å². The number of fused-ring (bicyclic) bond motifs is 1. The number of halogens is 3. The van der Waals surface area contributed by atoms with Gasteiger partial charge in [0.05, 0.1) is 7.11 Å². The van der Waals surface area contributed by atoms with Crippen LogP contribution in [0.2, 0.25) is 0 Å². The molecule has 2 rings (SSSR count). The molecule has 0 unspecified atom stereocenters. The average molecular weight is 354 g/mol. The zero-order valence-corrected chi connectivity index (χ0v) is 13.4. The highest BCUT2D eigenvalue weighted by Crippen LogP contribution is 2.37. The Kier molecular flexibility index (Phi) is 4.40. The van der Waals surface area contributed by atoms with Crippen LogP contribution in [-0.4, -0.2) is 21.0 Å². The highest BCUT2D eigenvalue weighted by molar-refractivity contribution is 7.87. The maximum atomic E-state index is 12.4. The van der Waals surface area contributed by atoms with E-state index in [4.69, 9.17) is 4.74 Å². The van der Waals surface area contributed by atoms with Crippen LogP contribution < -0.4 is 4.74 Å². The van der Waals surface area contributed by atoms with Gasteiger partial charge in [-0.3, -0.25) is 0 Å². The van der Waals surface area contributed by atoms with Crippen LogP contribution in [0, 0.1) is 6.92 Å². The highest BCUT2D eigenvalue weighted by atomic mass is 32.2. The second-order valence-corrected chi connectivity index (χ2v) is 6.70. The molecule has 0 fully saturated rings. The van der Waals surface area contributed by atoms with Gasteiger partial charge in [0.2, 0.25) is 0 Å². The number of rotatable bonds is 3. The summed E-state index contributed by atoms with van der Waals surface area (Å²) in [7, 11) is -4.16. The Morgan fingerprint density at radius 3 is 2.45 bits per heavy atom. The highest BCUT2D eigenvalue weighted by Gasteiger charge is 2.48. The van der Waals surface area contributed by atoms with Gasteiger partial charge in [-0.25, -0.2) is 0 Å². The summed E-state index contributed by atoms with van der Waals surface area (Å²) in [6, 6.07) is 1.73. The van der Waals surface area contributed by atoms with Gasteiger partial charge in [-0.05, 0) is 42.2 Å². The van der Waals surface area contributed by atoms with Crippen molar-refractivity contribution in [2.75, 3.05) is 7.11 Å². The summed E-state index contributed by atoms with van der Waals surface area (Å²) in [6.45, 7) is 1.72. The molecule has 0 bridgehead atoms. The van der Waals surface area contributed by atoms with E-state index in [9.17, 15) is 21.6 Å². The first-order valence-electron chi connectivity index (χ1n) is 6.17. The summed E-state index contributed by atoms with van der Waals surface area (Å²) in [5.41, 5.74) is -3.33. The van der Waals surface area contributed by atoms with E-state index in [0.29, 0.717) is 28.2 Å². The van der Waals surface area contributed by atoms with Gasteiger partial charge in [0.1, 0.15) is 11.5 Å². The summed E-state index contributed by atoms with van der Waals surface area (Å²) in [6.07, 6.45) is 1.70. The number of thiol groups is 1. The molecule has 4 nitrogen and oxygen atoms in total. The molecule has 0 aromatic heterocycles. The van der Waals surface area contributed by atoms with Crippen LogP contribution in [0.15, 0.2) is 16.7 Å². The van der Waals surface area contributed by atoms with Gasteiger partial charge in [0.25, 0.3) is 0 Å². The summed E-state index contributed by atoms with van der Waals surface area (Å²) in [5, 5.41) is 0. The minimum absolute atomic E-state index is 0.0524. The Balaban J connectivity index is 2.43. The molecule has 0 atom stereocenters. The molecule has 0 radical (unpaired) electrons. The van der Waals surface area contributed by atoms with Gasteiger partial charge >= 0.3 is 15.6 Å². The first-order valence-corrected chi connectivity index (χ1v) is 8.03. The number of hydrogen-bond acceptors (Lipinski definition) is 5. The van der Waals surface area contributed by atoms with E-state index in [1.54, 1.807) is 13.0 Å². The zero-order chi connectivity index (χ0) is 16.7. The fourth-order valence-electron chi connectivity index (χ4n) is 2.17. The van der Waals surface area contributed by atoms with E-state index < -0.39 is 15.6 Å². The van der Waals surface area contributed by atoms with E-state index in [-0.39, 0.29) is 12.2 Å². The summed E-state index contributed by atoms with van der Waals surface area (Å²) in [4.78, 5) is 0.539. The smallest absolute Gasteiger partial charge is 0.496 e. The molecule has 1 aliphatic carbocycles. The van der Waals surface area contributed by atoms with Crippen molar-refractivity contribution in [3.8, 4) is 5.75 Å². The lowest BCUT2D eigenvalue weighted by molar-refractivity contribution is -0.0522. The molecule has 0 amide bonds. The van der Waals surface area contributed by atoms with Gasteiger partial charge in [0, 0.05) is 11.3 Å². The Morgan fingerprint density at radius 1 is 1.27 bits per heavy atom. The Labute approximate surface area is 131 Å². The van der Waals surface area contributed by atoms with Crippen LogP contribution in [0.25, 0.3) is 6.08 Å². The zero-order valence-electron chi connectivity index (χ0n) is 11.7. The van der Waals surface area contributed by atoms with Crippen LogP contribution in [0.3, 0.4) is 0 Å². The lowest BCUT2D eigenvalue weighted by Gasteiger charge is -2.21. The molecule has 0 spiro atoms. The summed E-state index contributed by atoms with van der Waals surface area (Å²) >= 11 is 4.29. The molecule has 1 aromatic rings. The van der Waals surface area contributed by atoms with E-state index in [1.807, 2.05) is 0 Å². The quantitative estimate of drug-likeness (QED) is 0.513. The minimum Gasteiger partial charge on any atom is -0.496 e. The molecule has 0 aliphatic heterocycles. The summed E-state index contributed by atoms with van der Waals surface area (Å²) in [5.74, 6) is 0.311. The average Bonchev–Trinajstić information content (AvgIpc) is 2.41. The number of allylic oxidation sites excluding steroid dienone is 1. The molecule has 0 heterocycles. The molecular weight excluding hydrogens is 341 g/mol. The lowest BCUT2D eigenvalue weighted by atomic mass is 9.92. The van der Waals surface area contributed by atoms with E-state index in [1.165, 1.54) is 13.2 Å². The molecule has 0 saturated carbocycles. The fourth-order valence-corrected chi connectivity index (χ4v) is 2.95. The monoisotopic (exact) mass is 354 g/mol. The topological polar surface area (TPSA) is 52.6 Å². The SMILES string of the molecule is COc1cc2c(c(C)c1S)C=C(OS(=O)(=O)C(F)(F)F)CC2. The third-order valence-electron chi connectivity index (χ3n) is 3.31. The van der Waals surface area contributed by atoms with Crippen molar-refractivity contribution in [2.45, 2.75) is 30.2 Å². The van der Waals surface area contributed by atoms with Crippen LogP contribution in [0.5, 0.6) is 5.75 Å². The number of aryl methyl sites for hydroxylation is 1. The number of hydrogen-bond donors (Lipinski definition) is 1. The van der Waals surface area contributed by atoms with Gasteiger partial charge in [0.15, 0.2) is 0 Å². The Morgan fingerprint density at radius 2 is 1.91 bits per heavy atom. The van der Waals surface area contributed by atoms with Crippen molar-refractivity contribution >= 4 is 28.8 Å². The van der Waals surface area contributed by atoms with E-state index in [2.05, 4.69) is 16.8 Å². The van der Waals surface area contributed by atoms with E-state index in [0.717, 1.165) is 5.56 Å². The van der Waals surface area contributed by atoms with Crippen molar-refractivity contribution in [3.05, 3.63) is 28.5 Å². The number of methoxy groups -OCH3 is 1. The van der Waals surface area contributed by atoms with Crippen molar-refractivity contribution in [1.82, 2.24) is 0 Å². The van der Waals surface area contributed by atoms with Crippen LogP contribution in [-0.2, 0) is 20.7 Å². The minimum atomic E-state index is -5.65. The first kappa shape index (κ1) is 17.0. The van der Waals surface area contributed by atoms with Crippen LogP contribution in [0.1, 0.15) is 23.1 Å². The predicted molar refractivity (Wildman–Crippen MR) is 77.3 cm³/mol. The maximum Gasteiger partial charge on any atom is 0.534 e. The molecular formula is C13H13F3O4S2. The van der Waals surface area contributed by atoms with E-state index >= 15 is 0 Å². The van der Waals surface area contributed by atoms with Crippen LogP contribution >= 0.6 is 12.6 Å². The van der Waals surface area contributed by atoms with Crippen molar-refractivity contribution in [3.63, 3.8) is 0 Å². The normalized spacial score (nSPS) is 15.1. The second kappa shape index (κ2) is 5.69. The Bertz CT molecular complexity index is 737. The predicted octanol–water partition coefficient (Wildman–Crippen LogP) is 3.45. The molecule has 0 N–H and O–H groups in total. The van der Waals surface area contributed by atoms with Crippen molar-refractivity contribution < 1.29 is 30.5 Å². The summed E-state index contributed by atoms with van der Waals surface area (Å²) < 4.78 is 68.6. The van der Waals surface area contributed by atoms with Crippen LogP contribution in [0.4, 0.5) is 13.2 Å². The van der Waals surface area contributed by atoms with Crippen molar-refractivity contribution in [1.29, 1.82) is 0 Å². The van der Waals surface area contributed by atoms with Gasteiger partial charge in [-0.2, -0.15) is 21.6 Å². The molecule has 1 aliphatic rings. The third-order valence-corrected chi connectivity index (χ3v) is 4.87. The standard InChI is InChI=1S/C13H13F3O4S2/c1-7-10-6-9(20-22(17,18)13(14,15)16)4-3-8(10)5-11(19-2)12(7)21/h5-6,21H,3-4H2,1-2H3. The molecule has 0 saturated heterocycles. The van der Waals surface area contributed by atoms with Gasteiger partial charge < -0.3 is 8.92 Å². The molecule has 1 aromatic carbocycles. The molecule has 9 heteroatoms. The third kappa shape index (κ3) is 3.05. The molecule has 122 valence electrons. The number of ether oxygens (including phenoxy) is 1. The number of alkyl halides is 3. The largest absolute Gasteiger partial charge is 0.534 e. The second-order valence-electron chi connectivity index (χ2n) is 4.72. The van der Waals surface area contributed by atoms with Gasteiger partial charge in [-0.1, -0.05) is 0 Å². The fraction of sp³-hybridized carbons (Fsp3) is 0.385.